The Labute approximate surface area is 140 Å². The summed E-state index contributed by atoms with van der Waals surface area (Å²) >= 11 is 1.21. The Kier molecular flexibility index (Phi) is 4.79. The molecular formula is C20H16O2S. The predicted octanol–water partition coefficient (Wildman–Crippen LogP) is 5.72. The number of benzene rings is 3. The molecule has 3 aromatic carbocycles. The monoisotopic (exact) mass is 320 g/mol. The van der Waals surface area contributed by atoms with Gasteiger partial charge in [-0.25, -0.2) is 0 Å². The van der Waals surface area contributed by atoms with Crippen molar-refractivity contribution in [1.29, 1.82) is 0 Å². The Morgan fingerprint density at radius 1 is 0.826 bits per heavy atom. The van der Waals surface area contributed by atoms with E-state index in [1.165, 1.54) is 17.3 Å². The SMILES string of the molecule is Cc1ccc(SC(=O)c2ccccc2Oc2ccccc2)cc1. The first-order valence-electron chi connectivity index (χ1n) is 7.33. The maximum Gasteiger partial charge on any atom is 0.227 e. The molecule has 0 atom stereocenters. The lowest BCUT2D eigenvalue weighted by Crippen LogP contribution is -1.97. The van der Waals surface area contributed by atoms with Crippen LogP contribution in [-0.4, -0.2) is 5.12 Å². The number of hydrogen-bond acceptors (Lipinski definition) is 3. The van der Waals surface area contributed by atoms with E-state index >= 15 is 0 Å². The number of para-hydroxylation sites is 2. The van der Waals surface area contributed by atoms with Gasteiger partial charge in [0.25, 0.3) is 0 Å². The second-order valence-electron chi connectivity index (χ2n) is 5.11. The van der Waals surface area contributed by atoms with Gasteiger partial charge in [-0.15, -0.1) is 0 Å². The van der Waals surface area contributed by atoms with Crippen molar-refractivity contribution in [3.8, 4) is 11.5 Å². The van der Waals surface area contributed by atoms with Crippen LogP contribution in [0.1, 0.15) is 15.9 Å². The molecule has 0 unspecified atom stereocenters. The van der Waals surface area contributed by atoms with Crippen LogP contribution in [-0.2, 0) is 0 Å². The van der Waals surface area contributed by atoms with Gasteiger partial charge in [-0.2, -0.15) is 0 Å². The molecule has 0 bridgehead atoms. The standard InChI is InChI=1S/C20H16O2S/c1-15-11-13-17(14-12-15)23-20(21)18-9-5-6-10-19(18)22-16-7-3-2-4-8-16/h2-14H,1H3. The number of rotatable bonds is 4. The van der Waals surface area contributed by atoms with Gasteiger partial charge in [0.1, 0.15) is 11.5 Å². The van der Waals surface area contributed by atoms with Gasteiger partial charge in [0.05, 0.1) is 5.56 Å². The highest BCUT2D eigenvalue weighted by molar-refractivity contribution is 8.14. The molecule has 114 valence electrons. The Morgan fingerprint density at radius 3 is 2.22 bits per heavy atom. The van der Waals surface area contributed by atoms with Gasteiger partial charge >= 0.3 is 0 Å². The van der Waals surface area contributed by atoms with E-state index in [1.54, 1.807) is 6.07 Å². The van der Waals surface area contributed by atoms with Gasteiger partial charge in [0, 0.05) is 4.90 Å². The van der Waals surface area contributed by atoms with Crippen molar-refractivity contribution in [2.24, 2.45) is 0 Å². The molecule has 3 aromatic rings. The van der Waals surface area contributed by atoms with Gasteiger partial charge in [-0.05, 0) is 55.1 Å². The minimum Gasteiger partial charge on any atom is -0.457 e. The summed E-state index contributed by atoms with van der Waals surface area (Å²) in [5, 5.41) is -0.0274. The number of aryl methyl sites for hydroxylation is 1. The number of hydrogen-bond donors (Lipinski definition) is 0. The minimum atomic E-state index is -0.0274. The fourth-order valence-corrected chi connectivity index (χ4v) is 2.87. The summed E-state index contributed by atoms with van der Waals surface area (Å²) in [6, 6.07) is 24.7. The molecule has 0 radical (unpaired) electrons. The van der Waals surface area contributed by atoms with Crippen LogP contribution in [0, 0.1) is 6.92 Å². The number of carbonyl (C=O) groups is 1. The van der Waals surface area contributed by atoms with Crippen LogP contribution in [0.5, 0.6) is 11.5 Å². The average Bonchev–Trinajstić information content (AvgIpc) is 2.58. The van der Waals surface area contributed by atoms with Gasteiger partial charge in [0.2, 0.25) is 5.12 Å². The van der Waals surface area contributed by atoms with Crippen molar-refractivity contribution < 1.29 is 9.53 Å². The maximum atomic E-state index is 12.6. The van der Waals surface area contributed by atoms with E-state index in [1.807, 2.05) is 79.7 Å². The van der Waals surface area contributed by atoms with Crippen LogP contribution < -0.4 is 4.74 Å². The molecule has 3 heteroatoms. The molecule has 0 aliphatic heterocycles. The molecule has 0 saturated heterocycles. The highest BCUT2D eigenvalue weighted by Crippen LogP contribution is 2.30. The first kappa shape index (κ1) is 15.4. The van der Waals surface area contributed by atoms with E-state index in [4.69, 9.17) is 4.74 Å². The molecule has 0 fully saturated rings. The van der Waals surface area contributed by atoms with Crippen LogP contribution >= 0.6 is 11.8 Å². The molecular weight excluding hydrogens is 304 g/mol. The average molecular weight is 320 g/mol. The fourth-order valence-electron chi connectivity index (χ4n) is 2.11. The topological polar surface area (TPSA) is 26.3 Å². The van der Waals surface area contributed by atoms with E-state index in [9.17, 15) is 4.79 Å². The highest BCUT2D eigenvalue weighted by Gasteiger charge is 2.14. The largest absolute Gasteiger partial charge is 0.457 e. The summed E-state index contributed by atoms with van der Waals surface area (Å²) < 4.78 is 5.85. The predicted molar refractivity (Wildman–Crippen MR) is 94.3 cm³/mol. The number of carbonyl (C=O) groups excluding carboxylic acids is 1. The van der Waals surface area contributed by atoms with Gasteiger partial charge in [-0.1, -0.05) is 48.0 Å². The summed E-state index contributed by atoms with van der Waals surface area (Å²) in [5.74, 6) is 1.29. The molecule has 0 heterocycles. The Hall–Kier alpha value is -2.52. The minimum absolute atomic E-state index is 0.0274. The van der Waals surface area contributed by atoms with Crippen molar-refractivity contribution in [2.45, 2.75) is 11.8 Å². The lowest BCUT2D eigenvalue weighted by molar-refractivity contribution is 0.108. The first-order valence-corrected chi connectivity index (χ1v) is 8.15. The molecule has 0 aromatic heterocycles. The maximum absolute atomic E-state index is 12.6. The number of thioether (sulfide) groups is 1. The quantitative estimate of drug-likeness (QED) is 0.575. The summed E-state index contributed by atoms with van der Waals surface area (Å²) in [5.41, 5.74) is 1.75. The normalized spacial score (nSPS) is 10.3. The highest BCUT2D eigenvalue weighted by atomic mass is 32.2. The molecule has 0 spiro atoms. The lowest BCUT2D eigenvalue weighted by atomic mass is 10.2. The van der Waals surface area contributed by atoms with Crippen molar-refractivity contribution in [2.75, 3.05) is 0 Å². The third-order valence-electron chi connectivity index (χ3n) is 3.31. The van der Waals surface area contributed by atoms with Crippen molar-refractivity contribution in [3.05, 3.63) is 90.0 Å². The van der Waals surface area contributed by atoms with E-state index in [0.29, 0.717) is 17.1 Å². The molecule has 3 rings (SSSR count). The molecule has 2 nitrogen and oxygen atoms in total. The van der Waals surface area contributed by atoms with Gasteiger partial charge in [0.15, 0.2) is 0 Å². The Bertz CT molecular complexity index is 795. The third-order valence-corrected chi connectivity index (χ3v) is 4.22. The Morgan fingerprint density at radius 2 is 1.48 bits per heavy atom. The van der Waals surface area contributed by atoms with Crippen LogP contribution in [0.2, 0.25) is 0 Å². The van der Waals surface area contributed by atoms with Crippen LogP contribution in [0.15, 0.2) is 83.8 Å². The van der Waals surface area contributed by atoms with Crippen LogP contribution in [0.3, 0.4) is 0 Å². The zero-order chi connectivity index (χ0) is 16.1. The Balaban J connectivity index is 1.82. The van der Waals surface area contributed by atoms with Crippen LogP contribution in [0.25, 0.3) is 0 Å². The van der Waals surface area contributed by atoms with Gasteiger partial charge < -0.3 is 4.74 Å². The van der Waals surface area contributed by atoms with E-state index < -0.39 is 0 Å². The molecule has 23 heavy (non-hydrogen) atoms. The van der Waals surface area contributed by atoms with Crippen molar-refractivity contribution >= 4 is 16.9 Å². The molecule has 0 amide bonds. The molecule has 0 aliphatic carbocycles. The van der Waals surface area contributed by atoms with Crippen molar-refractivity contribution in [3.63, 3.8) is 0 Å². The summed E-state index contributed by atoms with van der Waals surface area (Å²) in [6.45, 7) is 2.03. The second kappa shape index (κ2) is 7.16. The molecule has 0 saturated carbocycles. The smallest absolute Gasteiger partial charge is 0.227 e. The third kappa shape index (κ3) is 4.02. The van der Waals surface area contributed by atoms with E-state index in [2.05, 4.69) is 0 Å². The van der Waals surface area contributed by atoms with Gasteiger partial charge in [-0.3, -0.25) is 4.79 Å². The van der Waals surface area contributed by atoms with Crippen LogP contribution in [0.4, 0.5) is 0 Å². The molecule has 0 N–H and O–H groups in total. The zero-order valence-corrected chi connectivity index (χ0v) is 13.5. The second-order valence-corrected chi connectivity index (χ2v) is 6.16. The summed E-state index contributed by atoms with van der Waals surface area (Å²) in [7, 11) is 0. The summed E-state index contributed by atoms with van der Waals surface area (Å²) in [4.78, 5) is 13.5. The first-order chi connectivity index (χ1) is 11.2. The van der Waals surface area contributed by atoms with Crippen molar-refractivity contribution in [1.82, 2.24) is 0 Å². The number of ether oxygens (including phenoxy) is 1. The van der Waals surface area contributed by atoms with E-state index in [-0.39, 0.29) is 5.12 Å². The van der Waals surface area contributed by atoms with E-state index in [0.717, 1.165) is 4.90 Å². The molecule has 0 aliphatic rings. The lowest BCUT2D eigenvalue weighted by Gasteiger charge is -2.10. The fraction of sp³-hybridized carbons (Fsp3) is 0.0500. The zero-order valence-electron chi connectivity index (χ0n) is 12.7. The summed E-state index contributed by atoms with van der Waals surface area (Å²) in [6.07, 6.45) is 0.